The zero-order valence-corrected chi connectivity index (χ0v) is 21.0. The smallest absolute Gasteiger partial charge is 0.282 e. The summed E-state index contributed by atoms with van der Waals surface area (Å²) < 4.78 is 18.0. The van der Waals surface area contributed by atoms with Gasteiger partial charge in [0.05, 0.1) is 17.1 Å². The second-order valence-electron chi connectivity index (χ2n) is 8.66. The van der Waals surface area contributed by atoms with Crippen molar-refractivity contribution in [2.45, 2.75) is 32.7 Å². The van der Waals surface area contributed by atoms with Crippen molar-refractivity contribution in [3.05, 3.63) is 111 Å². The van der Waals surface area contributed by atoms with Crippen molar-refractivity contribution in [1.82, 2.24) is 14.2 Å². The molecule has 0 N–H and O–H groups in total. The molecule has 0 aliphatic rings. The fourth-order valence-electron chi connectivity index (χ4n) is 4.24. The molecular weight excluding hydrogens is 507 g/mol. The van der Waals surface area contributed by atoms with Crippen LogP contribution in [0.1, 0.15) is 43.1 Å². The van der Waals surface area contributed by atoms with Crippen molar-refractivity contribution >= 4 is 44.0 Å². The molecule has 176 valence electrons. The zero-order chi connectivity index (χ0) is 24.5. The number of rotatable bonds is 6. The number of nitrogens with zero attached hydrogens (tertiary/aromatic N) is 4. The molecule has 35 heavy (non-hydrogen) atoms. The molecule has 0 amide bonds. The largest absolute Gasteiger partial charge is 0.342 e. The fourth-order valence-corrected chi connectivity index (χ4v) is 4.60. The van der Waals surface area contributed by atoms with E-state index in [9.17, 15) is 9.18 Å². The van der Waals surface area contributed by atoms with E-state index in [1.165, 1.54) is 10.7 Å². The minimum atomic E-state index is -0.256. The van der Waals surface area contributed by atoms with Gasteiger partial charge in [0.25, 0.3) is 5.56 Å². The van der Waals surface area contributed by atoms with Crippen LogP contribution in [-0.4, -0.2) is 20.4 Å². The van der Waals surface area contributed by atoms with E-state index in [-0.39, 0.29) is 17.3 Å². The second kappa shape index (κ2) is 9.58. The first kappa shape index (κ1) is 23.2. The summed E-state index contributed by atoms with van der Waals surface area (Å²) in [5, 5.41) is 6.15. The van der Waals surface area contributed by atoms with Gasteiger partial charge in [-0.3, -0.25) is 4.79 Å². The molecule has 5 nitrogen and oxygen atoms in total. The molecule has 5 aromatic rings. The van der Waals surface area contributed by atoms with Crippen LogP contribution >= 0.6 is 15.9 Å². The molecule has 2 heterocycles. The van der Waals surface area contributed by atoms with Crippen LogP contribution in [0, 0.1) is 5.82 Å². The average Bonchev–Trinajstić information content (AvgIpc) is 3.20. The summed E-state index contributed by atoms with van der Waals surface area (Å²) in [6.07, 6.45) is 4.53. The highest BCUT2D eigenvalue weighted by molar-refractivity contribution is 9.10. The molecule has 2 aromatic heterocycles. The molecule has 5 rings (SSSR count). The first-order valence-corrected chi connectivity index (χ1v) is 12.3. The van der Waals surface area contributed by atoms with Gasteiger partial charge in [0, 0.05) is 39.6 Å². The Hall–Kier alpha value is -3.58. The molecule has 3 aromatic carbocycles. The Labute approximate surface area is 210 Å². The zero-order valence-electron chi connectivity index (χ0n) is 19.5. The summed E-state index contributed by atoms with van der Waals surface area (Å²) in [4.78, 5) is 18.2. The Bertz CT molecular complexity index is 1640. The van der Waals surface area contributed by atoms with Crippen molar-refractivity contribution in [3.63, 3.8) is 0 Å². The van der Waals surface area contributed by atoms with Crippen LogP contribution in [0.3, 0.4) is 0 Å². The minimum absolute atomic E-state index is 0.0576. The number of hydrogen-bond acceptors (Lipinski definition) is 3. The standard InChI is InChI=1S/C28H24BrFN4O/c1-3-18(2)27-32-25-12-11-21(29)14-24(25)28(35)34(27)31-15-20-17-33(26-10-5-4-9-23(20)26)16-19-7-6-8-22(30)13-19/h4-15,17-18H,3,16H2,1-2H3/t18-/m0/s1. The lowest BCUT2D eigenvalue weighted by Gasteiger charge is -2.13. The molecule has 0 bridgehead atoms. The maximum absolute atomic E-state index is 13.7. The van der Waals surface area contributed by atoms with Crippen LogP contribution in [0.2, 0.25) is 0 Å². The van der Waals surface area contributed by atoms with E-state index in [1.54, 1.807) is 24.4 Å². The lowest BCUT2D eigenvalue weighted by molar-refractivity contribution is 0.613. The number of benzene rings is 3. The summed E-state index contributed by atoms with van der Waals surface area (Å²) in [6.45, 7) is 4.63. The molecule has 0 aliphatic heterocycles. The third kappa shape index (κ3) is 4.56. The van der Waals surface area contributed by atoms with E-state index in [4.69, 9.17) is 4.98 Å². The van der Waals surface area contributed by atoms with Crippen LogP contribution < -0.4 is 5.56 Å². The summed E-state index contributed by atoms with van der Waals surface area (Å²) in [6, 6.07) is 20.1. The molecular formula is C28H24BrFN4O. The van der Waals surface area contributed by atoms with Crippen molar-refractivity contribution < 1.29 is 4.39 Å². The molecule has 1 atom stereocenters. The lowest BCUT2D eigenvalue weighted by atomic mass is 10.1. The van der Waals surface area contributed by atoms with E-state index in [0.29, 0.717) is 23.3 Å². The third-order valence-corrected chi connectivity index (χ3v) is 6.75. The summed E-state index contributed by atoms with van der Waals surface area (Å²) in [5.41, 5.74) is 3.20. The predicted octanol–water partition coefficient (Wildman–Crippen LogP) is 6.70. The van der Waals surface area contributed by atoms with Crippen LogP contribution in [0.15, 0.2) is 87.3 Å². The van der Waals surface area contributed by atoms with Crippen molar-refractivity contribution in [3.8, 4) is 0 Å². The van der Waals surface area contributed by atoms with E-state index < -0.39 is 0 Å². The van der Waals surface area contributed by atoms with Gasteiger partial charge in [-0.05, 0) is 48.4 Å². The molecule has 0 saturated carbocycles. The van der Waals surface area contributed by atoms with Gasteiger partial charge in [-0.1, -0.05) is 60.1 Å². The normalized spacial score (nSPS) is 12.7. The summed E-state index contributed by atoms with van der Waals surface area (Å²) in [5.74, 6) is 0.433. The number of halogens is 2. The second-order valence-corrected chi connectivity index (χ2v) is 9.58. The topological polar surface area (TPSA) is 52.2 Å². The van der Waals surface area contributed by atoms with Gasteiger partial charge in [-0.25, -0.2) is 9.37 Å². The summed E-state index contributed by atoms with van der Waals surface area (Å²) >= 11 is 3.45. The number of para-hydroxylation sites is 1. The van der Waals surface area contributed by atoms with Crippen LogP contribution in [-0.2, 0) is 6.54 Å². The van der Waals surface area contributed by atoms with E-state index >= 15 is 0 Å². The van der Waals surface area contributed by atoms with Crippen LogP contribution in [0.5, 0.6) is 0 Å². The quantitative estimate of drug-likeness (QED) is 0.229. The molecule has 0 saturated heterocycles. The minimum Gasteiger partial charge on any atom is -0.342 e. The van der Waals surface area contributed by atoms with Gasteiger partial charge < -0.3 is 4.57 Å². The molecule has 0 spiro atoms. The maximum atomic E-state index is 13.7. The molecule has 7 heteroatoms. The van der Waals surface area contributed by atoms with Crippen molar-refractivity contribution in [2.24, 2.45) is 5.10 Å². The van der Waals surface area contributed by atoms with Gasteiger partial charge in [0.1, 0.15) is 11.6 Å². The lowest BCUT2D eigenvalue weighted by Crippen LogP contribution is -2.23. The third-order valence-electron chi connectivity index (χ3n) is 6.26. The first-order valence-electron chi connectivity index (χ1n) is 11.5. The van der Waals surface area contributed by atoms with Gasteiger partial charge >= 0.3 is 0 Å². The van der Waals surface area contributed by atoms with Gasteiger partial charge in [-0.2, -0.15) is 9.78 Å². The highest BCUT2D eigenvalue weighted by atomic mass is 79.9. The van der Waals surface area contributed by atoms with Crippen LogP contribution in [0.25, 0.3) is 21.8 Å². The van der Waals surface area contributed by atoms with Gasteiger partial charge in [0.2, 0.25) is 0 Å². The fraction of sp³-hybridized carbons (Fsp3) is 0.179. The Morgan fingerprint density at radius 2 is 1.91 bits per heavy atom. The van der Waals surface area contributed by atoms with Gasteiger partial charge in [-0.15, -0.1) is 0 Å². The molecule has 0 radical (unpaired) electrons. The molecule has 0 aliphatic carbocycles. The van der Waals surface area contributed by atoms with E-state index in [1.807, 2.05) is 55.6 Å². The maximum Gasteiger partial charge on any atom is 0.282 e. The highest BCUT2D eigenvalue weighted by Gasteiger charge is 2.16. The summed E-state index contributed by atoms with van der Waals surface area (Å²) in [7, 11) is 0. The number of aromatic nitrogens is 3. The van der Waals surface area contributed by atoms with Crippen molar-refractivity contribution in [1.29, 1.82) is 0 Å². The Morgan fingerprint density at radius 1 is 1.09 bits per heavy atom. The highest BCUT2D eigenvalue weighted by Crippen LogP contribution is 2.23. The SMILES string of the molecule is CC[C@H](C)c1nc2ccc(Br)cc2c(=O)n1N=Cc1cn(Cc2cccc(F)c2)c2ccccc12. The monoisotopic (exact) mass is 530 g/mol. The van der Waals surface area contributed by atoms with Crippen molar-refractivity contribution in [2.75, 3.05) is 0 Å². The van der Waals surface area contributed by atoms with E-state index in [2.05, 4.69) is 32.5 Å². The average molecular weight is 531 g/mol. The molecule has 0 fully saturated rings. The Balaban J connectivity index is 1.62. The number of fused-ring (bicyclic) bond motifs is 2. The molecule has 0 unspecified atom stereocenters. The van der Waals surface area contributed by atoms with Crippen LogP contribution in [0.4, 0.5) is 4.39 Å². The van der Waals surface area contributed by atoms with E-state index in [0.717, 1.165) is 32.9 Å². The van der Waals surface area contributed by atoms with Gasteiger partial charge in [0.15, 0.2) is 0 Å². The Kier molecular flexibility index (Phi) is 6.34. The first-order chi connectivity index (χ1) is 16.9. The number of hydrogen-bond donors (Lipinski definition) is 0. The Morgan fingerprint density at radius 3 is 2.71 bits per heavy atom. The predicted molar refractivity (Wildman–Crippen MR) is 143 cm³/mol.